The average Bonchev–Trinajstić information content (AvgIpc) is 2.72. The van der Waals surface area contributed by atoms with Crippen molar-refractivity contribution in [3.05, 3.63) is 78.9 Å². The minimum atomic E-state index is -4.43. The van der Waals surface area contributed by atoms with Gasteiger partial charge >= 0.3 is 12.4 Å². The van der Waals surface area contributed by atoms with Crippen LogP contribution in [0.25, 0.3) is 0 Å². The van der Waals surface area contributed by atoms with Gasteiger partial charge in [-0.2, -0.15) is 26.3 Å². The Bertz CT molecular complexity index is 893. The topological polar surface area (TPSA) is 18.5 Å². The first-order valence-electron chi connectivity index (χ1n) is 8.99. The van der Waals surface area contributed by atoms with E-state index in [9.17, 15) is 26.3 Å². The summed E-state index contributed by atoms with van der Waals surface area (Å²) in [4.78, 5) is 2.57. The smallest absolute Gasteiger partial charge is 0.422 e. The zero-order valence-electron chi connectivity index (χ0n) is 15.9. The molecule has 0 amide bonds. The van der Waals surface area contributed by atoms with Crippen LogP contribution >= 0.6 is 0 Å². The van der Waals surface area contributed by atoms with Crippen molar-refractivity contribution in [2.45, 2.75) is 27.0 Å². The highest BCUT2D eigenvalue weighted by molar-refractivity contribution is 7.97. The molecule has 164 valence electrons. The van der Waals surface area contributed by atoms with Crippen molar-refractivity contribution in [2.24, 2.45) is 0 Å². The Kier molecular flexibility index (Phi) is 7.04. The standard InChI is InChI=1S/C22H17F6O2S/c23-21(24,25)14-29-16-6-10-19(11-7-16)31(18-4-2-1-3-5-18)20-12-8-17(9-13-20)30-15-22(26,27)28/h1-13H,14-15H2/q+1. The lowest BCUT2D eigenvalue weighted by Crippen LogP contribution is -2.19. The van der Waals surface area contributed by atoms with Crippen molar-refractivity contribution < 1.29 is 35.8 Å². The van der Waals surface area contributed by atoms with Crippen LogP contribution in [-0.4, -0.2) is 25.6 Å². The quantitative estimate of drug-likeness (QED) is 0.290. The lowest BCUT2D eigenvalue weighted by molar-refractivity contribution is -0.154. The average molecular weight is 459 g/mol. The van der Waals surface area contributed by atoms with Gasteiger partial charge in [0, 0.05) is 0 Å². The van der Waals surface area contributed by atoms with E-state index in [0.717, 1.165) is 14.7 Å². The summed E-state index contributed by atoms with van der Waals surface area (Å²) >= 11 is 0. The van der Waals surface area contributed by atoms with Crippen molar-refractivity contribution >= 4 is 10.9 Å². The number of hydrogen-bond donors (Lipinski definition) is 0. The minimum Gasteiger partial charge on any atom is -0.484 e. The Morgan fingerprint density at radius 3 is 1.23 bits per heavy atom. The van der Waals surface area contributed by atoms with E-state index in [0.29, 0.717) is 0 Å². The van der Waals surface area contributed by atoms with Gasteiger partial charge in [-0.05, 0) is 60.7 Å². The van der Waals surface area contributed by atoms with E-state index in [1.54, 1.807) is 24.3 Å². The van der Waals surface area contributed by atoms with Crippen molar-refractivity contribution in [2.75, 3.05) is 13.2 Å². The summed E-state index contributed by atoms with van der Waals surface area (Å²) in [5.41, 5.74) is 0. The number of rotatable bonds is 7. The second-order valence-electron chi connectivity index (χ2n) is 6.37. The van der Waals surface area contributed by atoms with Gasteiger partial charge in [-0.25, -0.2) is 0 Å². The number of halogens is 6. The molecule has 0 aliphatic carbocycles. The molecule has 0 fully saturated rings. The molecule has 0 unspecified atom stereocenters. The first kappa shape index (κ1) is 22.9. The van der Waals surface area contributed by atoms with E-state index in [1.165, 1.54) is 24.3 Å². The van der Waals surface area contributed by atoms with Gasteiger partial charge in [-0.15, -0.1) is 0 Å². The molecule has 0 spiro atoms. The predicted molar refractivity (Wildman–Crippen MR) is 105 cm³/mol. The fourth-order valence-electron chi connectivity index (χ4n) is 2.64. The van der Waals surface area contributed by atoms with Crippen LogP contribution in [0.15, 0.2) is 93.5 Å². The van der Waals surface area contributed by atoms with Gasteiger partial charge in [0.05, 0.1) is 10.9 Å². The van der Waals surface area contributed by atoms with Crippen LogP contribution in [0.3, 0.4) is 0 Å². The number of ether oxygens (including phenoxy) is 2. The van der Waals surface area contributed by atoms with Gasteiger partial charge in [-0.3, -0.25) is 0 Å². The van der Waals surface area contributed by atoms with Crippen molar-refractivity contribution in [1.29, 1.82) is 0 Å². The highest BCUT2D eigenvalue weighted by Gasteiger charge is 2.31. The third-order valence-electron chi connectivity index (χ3n) is 3.90. The molecule has 3 aromatic rings. The van der Waals surface area contributed by atoms with Crippen LogP contribution in [0, 0.1) is 0 Å². The summed E-state index contributed by atoms with van der Waals surface area (Å²) < 4.78 is 83.6. The van der Waals surface area contributed by atoms with Gasteiger partial charge in [0.15, 0.2) is 27.9 Å². The molecular formula is C22H17F6O2S+. The maximum Gasteiger partial charge on any atom is 0.422 e. The van der Waals surface area contributed by atoms with Crippen LogP contribution in [0.2, 0.25) is 0 Å². The lowest BCUT2D eigenvalue weighted by Gasteiger charge is -2.12. The van der Waals surface area contributed by atoms with Crippen LogP contribution in [0.5, 0.6) is 11.5 Å². The second-order valence-corrected chi connectivity index (χ2v) is 8.40. The maximum atomic E-state index is 12.3. The molecule has 2 nitrogen and oxygen atoms in total. The molecule has 0 aliphatic rings. The Hall–Kier alpha value is -2.81. The molecule has 0 aromatic heterocycles. The fraction of sp³-hybridized carbons (Fsp3) is 0.182. The molecule has 0 heterocycles. The highest BCUT2D eigenvalue weighted by Crippen LogP contribution is 2.33. The van der Waals surface area contributed by atoms with Crippen LogP contribution in [0.4, 0.5) is 26.3 Å². The Balaban J connectivity index is 1.84. The third-order valence-corrected chi connectivity index (χ3v) is 6.13. The summed E-state index contributed by atoms with van der Waals surface area (Å²) in [6, 6.07) is 21.9. The first-order chi connectivity index (χ1) is 14.6. The Morgan fingerprint density at radius 1 is 0.516 bits per heavy atom. The summed E-state index contributed by atoms with van der Waals surface area (Å²) in [5.74, 6) is 0.183. The third kappa shape index (κ3) is 7.13. The normalized spacial score (nSPS) is 12.1. The van der Waals surface area contributed by atoms with Gasteiger partial charge in [0.25, 0.3) is 0 Å². The van der Waals surface area contributed by atoms with E-state index in [4.69, 9.17) is 9.47 Å². The Labute approximate surface area is 177 Å². The van der Waals surface area contributed by atoms with Crippen molar-refractivity contribution in [3.8, 4) is 11.5 Å². The van der Waals surface area contributed by atoms with Crippen LogP contribution in [0.1, 0.15) is 0 Å². The Morgan fingerprint density at radius 2 is 0.871 bits per heavy atom. The summed E-state index contributed by atoms with van der Waals surface area (Å²) in [6.07, 6.45) is -8.86. The van der Waals surface area contributed by atoms with Crippen molar-refractivity contribution in [3.63, 3.8) is 0 Å². The molecular weight excluding hydrogens is 442 g/mol. The van der Waals surface area contributed by atoms with Gasteiger partial charge in [0.2, 0.25) is 0 Å². The molecule has 0 saturated heterocycles. The molecule has 0 N–H and O–H groups in total. The number of benzene rings is 3. The SMILES string of the molecule is FC(F)(F)COc1ccc([S+](c2ccccc2)c2ccc(OCC(F)(F)F)cc2)cc1. The highest BCUT2D eigenvalue weighted by atomic mass is 32.2. The van der Waals surface area contributed by atoms with Crippen molar-refractivity contribution in [1.82, 2.24) is 0 Å². The first-order valence-corrected chi connectivity index (χ1v) is 10.2. The second kappa shape index (κ2) is 9.55. The lowest BCUT2D eigenvalue weighted by atomic mass is 10.3. The molecule has 31 heavy (non-hydrogen) atoms. The minimum absolute atomic E-state index is 0.0913. The summed E-state index contributed by atoms with van der Waals surface area (Å²) in [7, 11) is -0.629. The zero-order chi connectivity index (χ0) is 22.5. The molecule has 3 rings (SSSR count). The summed E-state index contributed by atoms with van der Waals surface area (Å²) in [6.45, 7) is -2.76. The van der Waals surface area contributed by atoms with Gasteiger partial charge in [0.1, 0.15) is 11.5 Å². The molecule has 0 radical (unpaired) electrons. The van der Waals surface area contributed by atoms with Crippen LogP contribution in [-0.2, 0) is 10.9 Å². The zero-order valence-corrected chi connectivity index (χ0v) is 16.7. The number of alkyl halides is 6. The van der Waals surface area contributed by atoms with Crippen LogP contribution < -0.4 is 9.47 Å². The largest absolute Gasteiger partial charge is 0.484 e. The van der Waals surface area contributed by atoms with Gasteiger partial charge < -0.3 is 9.47 Å². The molecule has 9 heteroatoms. The van der Waals surface area contributed by atoms with E-state index in [-0.39, 0.29) is 11.5 Å². The molecule has 0 atom stereocenters. The summed E-state index contributed by atoms with van der Waals surface area (Å²) in [5, 5.41) is 0. The van der Waals surface area contributed by atoms with Gasteiger partial charge in [-0.1, -0.05) is 18.2 Å². The molecule has 0 saturated carbocycles. The molecule has 0 bridgehead atoms. The molecule has 3 aromatic carbocycles. The fourth-order valence-corrected chi connectivity index (χ4v) is 4.70. The van der Waals surface area contributed by atoms with E-state index >= 15 is 0 Å². The predicted octanol–water partition coefficient (Wildman–Crippen LogP) is 6.66. The maximum absolute atomic E-state index is 12.3. The van der Waals surface area contributed by atoms with E-state index in [1.807, 2.05) is 30.3 Å². The van der Waals surface area contributed by atoms with E-state index < -0.39 is 36.5 Å². The monoisotopic (exact) mass is 459 g/mol. The molecule has 0 aliphatic heterocycles. The number of hydrogen-bond acceptors (Lipinski definition) is 2. The van der Waals surface area contributed by atoms with E-state index in [2.05, 4.69) is 0 Å².